The van der Waals surface area contributed by atoms with Crippen LogP contribution in [0.5, 0.6) is 0 Å². The number of hydrogen-bond donors (Lipinski definition) is 2. The van der Waals surface area contributed by atoms with Crippen LogP contribution in [0.25, 0.3) is 5.69 Å². The van der Waals surface area contributed by atoms with E-state index in [-0.39, 0.29) is 11.6 Å². The number of hydrazine groups is 1. The highest BCUT2D eigenvalue weighted by Gasteiger charge is 2.09. The Kier molecular flexibility index (Phi) is 3.38. The molecule has 6 nitrogen and oxygen atoms in total. The molecule has 2 N–H and O–H groups in total. The lowest BCUT2D eigenvalue weighted by Gasteiger charge is -2.12. The van der Waals surface area contributed by atoms with Crippen molar-refractivity contribution >= 4 is 5.95 Å². The highest BCUT2D eigenvalue weighted by Crippen LogP contribution is 2.12. The van der Waals surface area contributed by atoms with Crippen molar-refractivity contribution in [3.05, 3.63) is 46.1 Å². The number of nitrogens with one attached hydrogen (secondary N) is 2. The lowest BCUT2D eigenvalue weighted by atomic mass is 10.2. The van der Waals surface area contributed by atoms with Crippen LogP contribution in [0.2, 0.25) is 0 Å². The summed E-state index contributed by atoms with van der Waals surface area (Å²) in [6.07, 6.45) is 0. The van der Waals surface area contributed by atoms with Gasteiger partial charge in [0.25, 0.3) is 0 Å². The second-order valence-electron chi connectivity index (χ2n) is 3.87. The fourth-order valence-electron chi connectivity index (χ4n) is 1.77. The molecule has 0 bridgehead atoms. The Labute approximate surface area is 105 Å². The van der Waals surface area contributed by atoms with Crippen molar-refractivity contribution in [2.45, 2.75) is 13.8 Å². The van der Waals surface area contributed by atoms with Crippen LogP contribution in [-0.2, 0) is 0 Å². The normalized spacial score (nSPS) is 10.4. The largest absolute Gasteiger partial charge is 0.356 e. The van der Waals surface area contributed by atoms with Crippen LogP contribution in [-0.4, -0.2) is 21.6 Å². The van der Waals surface area contributed by atoms with Crippen molar-refractivity contribution in [2.24, 2.45) is 0 Å². The summed E-state index contributed by atoms with van der Waals surface area (Å²) < 4.78 is 1.50. The topological polar surface area (TPSA) is 71.8 Å². The summed E-state index contributed by atoms with van der Waals surface area (Å²) >= 11 is 0. The van der Waals surface area contributed by atoms with E-state index in [0.717, 1.165) is 11.3 Å². The average Bonchev–Trinajstić information content (AvgIpc) is 2.31. The third kappa shape index (κ3) is 2.23. The zero-order valence-corrected chi connectivity index (χ0v) is 10.6. The van der Waals surface area contributed by atoms with Gasteiger partial charge in [0.2, 0.25) is 5.95 Å². The molecule has 0 saturated heterocycles. The van der Waals surface area contributed by atoms with Crippen molar-refractivity contribution in [3.63, 3.8) is 0 Å². The molecule has 2 rings (SSSR count). The van der Waals surface area contributed by atoms with Gasteiger partial charge in [-0.3, -0.25) is 5.43 Å². The van der Waals surface area contributed by atoms with E-state index in [1.807, 2.05) is 31.2 Å². The Balaban J connectivity index is 2.60. The van der Waals surface area contributed by atoms with Gasteiger partial charge < -0.3 is 0 Å². The van der Waals surface area contributed by atoms with Gasteiger partial charge in [0.15, 0.2) is 0 Å². The maximum atomic E-state index is 12.0. The Morgan fingerprint density at radius 2 is 1.89 bits per heavy atom. The minimum Gasteiger partial charge on any atom is -0.290 e. The molecule has 0 spiro atoms. The number of para-hydroxylation sites is 1. The average molecular weight is 245 g/mol. The number of benzene rings is 1. The molecule has 0 atom stereocenters. The summed E-state index contributed by atoms with van der Waals surface area (Å²) in [7, 11) is 1.69. The first-order valence-corrected chi connectivity index (χ1v) is 5.60. The van der Waals surface area contributed by atoms with Crippen molar-refractivity contribution < 1.29 is 0 Å². The number of anilines is 1. The SMILES string of the molecule is CNNc1nc(C)n(-c2ccccc2C)c(=O)n1. The molecule has 0 fully saturated rings. The molecule has 2 aromatic rings. The molecule has 0 aliphatic carbocycles. The predicted molar refractivity (Wildman–Crippen MR) is 69.8 cm³/mol. The van der Waals surface area contributed by atoms with Crippen LogP contribution < -0.4 is 16.5 Å². The Bertz CT molecular complexity index is 620. The molecule has 0 aliphatic heterocycles. The Morgan fingerprint density at radius 3 is 2.50 bits per heavy atom. The lowest BCUT2D eigenvalue weighted by molar-refractivity contribution is 0.793. The van der Waals surface area contributed by atoms with Crippen molar-refractivity contribution in [1.29, 1.82) is 0 Å². The molecular weight excluding hydrogens is 230 g/mol. The third-order valence-electron chi connectivity index (χ3n) is 2.58. The Hall–Kier alpha value is -2.21. The lowest BCUT2D eigenvalue weighted by Crippen LogP contribution is -2.29. The molecule has 0 unspecified atom stereocenters. The number of nitrogens with zero attached hydrogens (tertiary/aromatic N) is 3. The molecule has 94 valence electrons. The van der Waals surface area contributed by atoms with Crippen LogP contribution >= 0.6 is 0 Å². The second kappa shape index (κ2) is 4.97. The van der Waals surface area contributed by atoms with Crippen molar-refractivity contribution in [2.75, 3.05) is 12.5 Å². The van der Waals surface area contributed by atoms with Gasteiger partial charge >= 0.3 is 5.69 Å². The molecule has 1 aromatic carbocycles. The number of rotatable bonds is 3. The van der Waals surface area contributed by atoms with E-state index < -0.39 is 0 Å². The zero-order chi connectivity index (χ0) is 13.1. The van der Waals surface area contributed by atoms with Crippen molar-refractivity contribution in [1.82, 2.24) is 20.0 Å². The van der Waals surface area contributed by atoms with E-state index in [2.05, 4.69) is 20.8 Å². The van der Waals surface area contributed by atoms with E-state index in [1.54, 1.807) is 14.0 Å². The summed E-state index contributed by atoms with van der Waals surface area (Å²) in [6, 6.07) is 7.63. The molecule has 1 aromatic heterocycles. The van der Waals surface area contributed by atoms with Gasteiger partial charge in [-0.2, -0.15) is 9.97 Å². The highest BCUT2D eigenvalue weighted by molar-refractivity contribution is 5.41. The van der Waals surface area contributed by atoms with E-state index >= 15 is 0 Å². The van der Waals surface area contributed by atoms with Gasteiger partial charge in [0.1, 0.15) is 5.82 Å². The summed E-state index contributed by atoms with van der Waals surface area (Å²) in [5.41, 5.74) is 6.83. The minimum atomic E-state index is -0.352. The van der Waals surface area contributed by atoms with Gasteiger partial charge in [-0.25, -0.2) is 14.8 Å². The second-order valence-corrected chi connectivity index (χ2v) is 3.87. The first-order chi connectivity index (χ1) is 8.63. The molecule has 6 heteroatoms. The van der Waals surface area contributed by atoms with Crippen LogP contribution in [0.3, 0.4) is 0 Å². The van der Waals surface area contributed by atoms with Gasteiger partial charge in [0, 0.05) is 7.05 Å². The summed E-state index contributed by atoms with van der Waals surface area (Å²) in [6.45, 7) is 3.72. The van der Waals surface area contributed by atoms with Crippen molar-refractivity contribution in [3.8, 4) is 5.69 Å². The Morgan fingerprint density at radius 1 is 1.17 bits per heavy atom. The first-order valence-electron chi connectivity index (χ1n) is 5.60. The van der Waals surface area contributed by atoms with Crippen LogP contribution in [0.1, 0.15) is 11.4 Å². The van der Waals surface area contributed by atoms with Gasteiger partial charge in [0.05, 0.1) is 5.69 Å². The molecule has 18 heavy (non-hydrogen) atoms. The van der Waals surface area contributed by atoms with Crippen LogP contribution in [0.4, 0.5) is 5.95 Å². The van der Waals surface area contributed by atoms with E-state index in [1.165, 1.54) is 4.57 Å². The van der Waals surface area contributed by atoms with E-state index in [0.29, 0.717) is 5.82 Å². The van der Waals surface area contributed by atoms with Gasteiger partial charge in [-0.1, -0.05) is 18.2 Å². The summed E-state index contributed by atoms with van der Waals surface area (Å²) in [5, 5.41) is 0. The molecule has 0 aliphatic rings. The standard InChI is InChI=1S/C12H15N5O/c1-8-6-4-5-7-10(8)17-9(2)14-11(16-13-3)15-12(17)18/h4-7,13H,1-3H3,(H,15,16,18). The molecule has 0 radical (unpaired) electrons. The fourth-order valence-corrected chi connectivity index (χ4v) is 1.77. The van der Waals surface area contributed by atoms with Gasteiger partial charge in [-0.15, -0.1) is 0 Å². The summed E-state index contributed by atoms with van der Waals surface area (Å²) in [5.74, 6) is 0.854. The third-order valence-corrected chi connectivity index (χ3v) is 2.58. The maximum Gasteiger partial charge on any atom is 0.356 e. The molecule has 0 amide bonds. The fraction of sp³-hybridized carbons (Fsp3) is 0.250. The summed E-state index contributed by atoms with van der Waals surface area (Å²) in [4.78, 5) is 20.1. The van der Waals surface area contributed by atoms with E-state index in [9.17, 15) is 4.79 Å². The number of hydrogen-bond acceptors (Lipinski definition) is 5. The number of aryl methyl sites for hydroxylation is 2. The highest BCUT2D eigenvalue weighted by atomic mass is 16.1. The van der Waals surface area contributed by atoms with Crippen LogP contribution in [0.15, 0.2) is 29.1 Å². The zero-order valence-electron chi connectivity index (χ0n) is 10.6. The smallest absolute Gasteiger partial charge is 0.290 e. The predicted octanol–water partition coefficient (Wildman–Crippen LogP) is 0.791. The molecular formula is C12H15N5O. The van der Waals surface area contributed by atoms with E-state index in [4.69, 9.17) is 0 Å². The first kappa shape index (κ1) is 12.3. The molecule has 0 saturated carbocycles. The monoisotopic (exact) mass is 245 g/mol. The molecule has 1 heterocycles. The minimum absolute atomic E-state index is 0.268. The van der Waals surface area contributed by atoms with Crippen LogP contribution in [0, 0.1) is 13.8 Å². The quantitative estimate of drug-likeness (QED) is 0.782. The number of aromatic nitrogens is 3. The van der Waals surface area contributed by atoms with Gasteiger partial charge in [-0.05, 0) is 25.5 Å². The maximum absolute atomic E-state index is 12.0.